The third-order valence-corrected chi connectivity index (χ3v) is 2.60. The second-order valence-electron chi connectivity index (χ2n) is 3.78. The van der Waals surface area contributed by atoms with Crippen molar-refractivity contribution in [2.75, 3.05) is 13.2 Å². The number of benzene rings is 1. The molecule has 2 heterocycles. The maximum Gasteiger partial charge on any atom is 0.213 e. The van der Waals surface area contributed by atoms with Gasteiger partial charge in [-0.3, -0.25) is 9.78 Å². The summed E-state index contributed by atoms with van der Waals surface area (Å²) in [6, 6.07) is 5.11. The van der Waals surface area contributed by atoms with Crippen LogP contribution in [-0.2, 0) is 0 Å². The van der Waals surface area contributed by atoms with Crippen LogP contribution in [0.3, 0.4) is 0 Å². The van der Waals surface area contributed by atoms with Crippen LogP contribution < -0.4 is 9.47 Å². The molecule has 0 spiro atoms. The monoisotopic (exact) mass is 242 g/mol. The predicted molar refractivity (Wildman–Crippen MR) is 62.9 cm³/mol. The molecule has 0 saturated heterocycles. The fourth-order valence-electron chi connectivity index (χ4n) is 1.75. The number of rotatable bonds is 2. The minimum Gasteiger partial charge on any atom is -0.486 e. The van der Waals surface area contributed by atoms with Crippen molar-refractivity contribution in [1.82, 2.24) is 9.97 Å². The Bertz CT molecular complexity index is 584. The van der Waals surface area contributed by atoms with Crippen LogP contribution in [0.1, 0.15) is 16.1 Å². The van der Waals surface area contributed by atoms with Crippen LogP contribution in [0, 0.1) is 0 Å². The van der Waals surface area contributed by atoms with E-state index in [4.69, 9.17) is 9.47 Å². The zero-order chi connectivity index (χ0) is 12.4. The van der Waals surface area contributed by atoms with Gasteiger partial charge in [0.25, 0.3) is 0 Å². The highest BCUT2D eigenvalue weighted by atomic mass is 16.6. The van der Waals surface area contributed by atoms with E-state index in [1.807, 2.05) is 0 Å². The van der Waals surface area contributed by atoms with Crippen LogP contribution in [0.5, 0.6) is 11.5 Å². The molecule has 18 heavy (non-hydrogen) atoms. The highest BCUT2D eigenvalue weighted by molar-refractivity contribution is 6.07. The predicted octanol–water partition coefficient (Wildman–Crippen LogP) is 1.48. The van der Waals surface area contributed by atoms with Gasteiger partial charge in [0.1, 0.15) is 18.9 Å². The summed E-state index contributed by atoms with van der Waals surface area (Å²) in [5.74, 6) is 1.08. The van der Waals surface area contributed by atoms with Crippen LogP contribution in [0.4, 0.5) is 0 Å². The Labute approximate surface area is 103 Å². The average molecular weight is 242 g/mol. The number of carbonyl (C=O) groups excluding carboxylic acids is 1. The summed E-state index contributed by atoms with van der Waals surface area (Å²) in [4.78, 5) is 20.0. The normalized spacial score (nSPS) is 13.1. The molecule has 0 radical (unpaired) electrons. The lowest BCUT2D eigenvalue weighted by Crippen LogP contribution is -2.16. The van der Waals surface area contributed by atoms with Crippen LogP contribution in [-0.4, -0.2) is 29.0 Å². The van der Waals surface area contributed by atoms with E-state index < -0.39 is 0 Å². The molecule has 0 bridgehead atoms. The van der Waals surface area contributed by atoms with Crippen molar-refractivity contribution < 1.29 is 14.3 Å². The van der Waals surface area contributed by atoms with Gasteiger partial charge in [-0.05, 0) is 18.2 Å². The van der Waals surface area contributed by atoms with E-state index in [2.05, 4.69) is 9.97 Å². The summed E-state index contributed by atoms with van der Waals surface area (Å²) in [5.41, 5.74) is 0.828. The maximum atomic E-state index is 12.1. The Balaban J connectivity index is 1.95. The molecular weight excluding hydrogens is 232 g/mol. The summed E-state index contributed by atoms with van der Waals surface area (Å²) in [6.45, 7) is 1.03. The number of ether oxygens (including phenoxy) is 2. The molecule has 3 rings (SSSR count). The molecule has 0 unspecified atom stereocenters. The molecule has 0 N–H and O–H groups in total. The van der Waals surface area contributed by atoms with Crippen molar-refractivity contribution in [1.29, 1.82) is 0 Å². The van der Waals surface area contributed by atoms with Gasteiger partial charge in [-0.2, -0.15) is 0 Å². The van der Waals surface area contributed by atoms with E-state index in [1.165, 1.54) is 18.6 Å². The van der Waals surface area contributed by atoms with E-state index in [1.54, 1.807) is 18.2 Å². The topological polar surface area (TPSA) is 61.3 Å². The molecule has 2 aromatic rings. The van der Waals surface area contributed by atoms with Gasteiger partial charge in [-0.1, -0.05) is 0 Å². The standard InChI is InChI=1S/C13H10N2O3/c16-13(10-8-14-3-4-15-10)9-1-2-11-12(7-9)18-6-5-17-11/h1-4,7-8H,5-6H2. The molecule has 1 aromatic heterocycles. The van der Waals surface area contributed by atoms with Crippen LogP contribution in [0.25, 0.3) is 0 Å². The maximum absolute atomic E-state index is 12.1. The van der Waals surface area contributed by atoms with Crippen LogP contribution >= 0.6 is 0 Å². The van der Waals surface area contributed by atoms with Crippen molar-refractivity contribution in [3.05, 3.63) is 48.0 Å². The highest BCUT2D eigenvalue weighted by Crippen LogP contribution is 2.31. The first kappa shape index (κ1) is 10.7. The number of aromatic nitrogens is 2. The van der Waals surface area contributed by atoms with Gasteiger partial charge in [-0.15, -0.1) is 0 Å². The summed E-state index contributed by atoms with van der Waals surface area (Å²) < 4.78 is 10.8. The summed E-state index contributed by atoms with van der Waals surface area (Å²) in [5, 5.41) is 0. The summed E-state index contributed by atoms with van der Waals surface area (Å²) in [6.07, 6.45) is 4.46. The van der Waals surface area contributed by atoms with Gasteiger partial charge >= 0.3 is 0 Å². The molecule has 1 aliphatic rings. The molecule has 0 atom stereocenters. The Morgan fingerprint density at radius 3 is 2.72 bits per heavy atom. The first-order chi connectivity index (χ1) is 8.84. The van der Waals surface area contributed by atoms with Crippen LogP contribution in [0.15, 0.2) is 36.8 Å². The number of hydrogen-bond donors (Lipinski definition) is 0. The van der Waals surface area contributed by atoms with Crippen molar-refractivity contribution in [3.63, 3.8) is 0 Å². The lowest BCUT2D eigenvalue weighted by atomic mass is 10.1. The average Bonchev–Trinajstić information content (AvgIpc) is 2.47. The second-order valence-corrected chi connectivity index (χ2v) is 3.78. The minimum absolute atomic E-state index is 0.180. The fourth-order valence-corrected chi connectivity index (χ4v) is 1.75. The first-order valence-electron chi connectivity index (χ1n) is 5.55. The number of fused-ring (bicyclic) bond motifs is 1. The van der Waals surface area contributed by atoms with Crippen molar-refractivity contribution in [3.8, 4) is 11.5 Å². The quantitative estimate of drug-likeness (QED) is 0.746. The molecule has 0 aliphatic carbocycles. The smallest absolute Gasteiger partial charge is 0.213 e. The van der Waals surface area contributed by atoms with Crippen molar-refractivity contribution in [2.24, 2.45) is 0 Å². The fraction of sp³-hybridized carbons (Fsp3) is 0.154. The van der Waals surface area contributed by atoms with E-state index in [0.29, 0.717) is 36.0 Å². The molecule has 1 aliphatic heterocycles. The van der Waals surface area contributed by atoms with E-state index in [-0.39, 0.29) is 5.78 Å². The Hall–Kier alpha value is -2.43. The van der Waals surface area contributed by atoms with Gasteiger partial charge in [0.2, 0.25) is 5.78 Å². The summed E-state index contributed by atoms with van der Waals surface area (Å²) >= 11 is 0. The minimum atomic E-state index is -0.180. The molecule has 0 fully saturated rings. The molecule has 0 amide bonds. The Morgan fingerprint density at radius 2 is 1.94 bits per heavy atom. The Morgan fingerprint density at radius 1 is 1.11 bits per heavy atom. The van der Waals surface area contributed by atoms with Gasteiger partial charge in [0, 0.05) is 18.0 Å². The lowest BCUT2D eigenvalue weighted by molar-refractivity contribution is 0.103. The van der Waals surface area contributed by atoms with Gasteiger partial charge < -0.3 is 9.47 Å². The third kappa shape index (κ3) is 1.90. The molecule has 0 saturated carbocycles. The van der Waals surface area contributed by atoms with E-state index >= 15 is 0 Å². The lowest BCUT2D eigenvalue weighted by Gasteiger charge is -2.18. The van der Waals surface area contributed by atoms with Crippen LogP contribution in [0.2, 0.25) is 0 Å². The molecule has 90 valence electrons. The van der Waals surface area contributed by atoms with Gasteiger partial charge in [-0.25, -0.2) is 4.98 Å². The van der Waals surface area contributed by atoms with E-state index in [0.717, 1.165) is 0 Å². The largest absolute Gasteiger partial charge is 0.486 e. The molecule has 5 heteroatoms. The second kappa shape index (κ2) is 4.44. The first-order valence-corrected chi connectivity index (χ1v) is 5.55. The molecular formula is C13H10N2O3. The highest BCUT2D eigenvalue weighted by Gasteiger charge is 2.16. The SMILES string of the molecule is O=C(c1ccc2c(c1)OCCO2)c1cnccn1. The number of nitrogens with zero attached hydrogens (tertiary/aromatic N) is 2. The van der Waals surface area contributed by atoms with E-state index in [9.17, 15) is 4.79 Å². The third-order valence-electron chi connectivity index (χ3n) is 2.60. The summed E-state index contributed by atoms with van der Waals surface area (Å²) in [7, 11) is 0. The van der Waals surface area contributed by atoms with Crippen molar-refractivity contribution >= 4 is 5.78 Å². The Kier molecular flexibility index (Phi) is 2.64. The van der Waals surface area contributed by atoms with Gasteiger partial charge in [0.15, 0.2) is 11.5 Å². The molecule has 5 nitrogen and oxygen atoms in total. The zero-order valence-electron chi connectivity index (χ0n) is 9.50. The van der Waals surface area contributed by atoms with Crippen molar-refractivity contribution in [2.45, 2.75) is 0 Å². The van der Waals surface area contributed by atoms with Gasteiger partial charge in [0.05, 0.1) is 6.20 Å². The number of carbonyl (C=O) groups is 1. The molecule has 1 aromatic carbocycles. The number of ketones is 1. The zero-order valence-corrected chi connectivity index (χ0v) is 9.50. The number of hydrogen-bond acceptors (Lipinski definition) is 5.